The molecule has 11 heteroatoms. The SMILES string of the molecule is CC(C)C(NS(=O)(=O)c1ccccc1)C(=O)NC1Cc2coc(n2)CCCCNC(=O)C1=O. The van der Waals surface area contributed by atoms with E-state index in [0.29, 0.717) is 31.0 Å². The van der Waals surface area contributed by atoms with Crippen LogP contribution in [0.5, 0.6) is 0 Å². The van der Waals surface area contributed by atoms with Gasteiger partial charge >= 0.3 is 0 Å². The van der Waals surface area contributed by atoms with Gasteiger partial charge in [0.1, 0.15) is 18.3 Å². The average Bonchev–Trinajstić information content (AvgIpc) is 3.23. The van der Waals surface area contributed by atoms with E-state index in [4.69, 9.17) is 4.42 Å². The van der Waals surface area contributed by atoms with Crippen LogP contribution in [-0.4, -0.2) is 49.6 Å². The third kappa shape index (κ3) is 6.48. The number of nitrogens with zero attached hydrogens (tertiary/aromatic N) is 1. The van der Waals surface area contributed by atoms with E-state index >= 15 is 0 Å². The molecule has 2 amide bonds. The van der Waals surface area contributed by atoms with Gasteiger partial charge in [-0.25, -0.2) is 13.4 Å². The van der Waals surface area contributed by atoms with Gasteiger partial charge in [-0.2, -0.15) is 4.72 Å². The van der Waals surface area contributed by atoms with Gasteiger partial charge in [-0.05, 0) is 30.9 Å². The summed E-state index contributed by atoms with van der Waals surface area (Å²) in [6.07, 6.45) is 3.32. The number of aromatic nitrogens is 1. The van der Waals surface area contributed by atoms with Crippen molar-refractivity contribution in [3.8, 4) is 0 Å². The van der Waals surface area contributed by atoms with Crippen LogP contribution in [0.15, 0.2) is 45.9 Å². The minimum absolute atomic E-state index is 0.0139. The van der Waals surface area contributed by atoms with Crippen LogP contribution >= 0.6 is 0 Å². The van der Waals surface area contributed by atoms with Crippen molar-refractivity contribution in [2.24, 2.45) is 5.92 Å². The van der Waals surface area contributed by atoms with Crippen molar-refractivity contribution in [3.05, 3.63) is 48.2 Å². The summed E-state index contributed by atoms with van der Waals surface area (Å²) in [6.45, 7) is 3.67. The predicted molar refractivity (Wildman–Crippen MR) is 118 cm³/mol. The summed E-state index contributed by atoms with van der Waals surface area (Å²) in [7, 11) is -3.98. The van der Waals surface area contributed by atoms with Gasteiger partial charge in [0.2, 0.25) is 21.7 Å². The number of carbonyl (C=O) groups is 3. The minimum atomic E-state index is -3.98. The largest absolute Gasteiger partial charge is 0.449 e. The zero-order valence-electron chi connectivity index (χ0n) is 18.5. The summed E-state index contributed by atoms with van der Waals surface area (Å²) in [5.74, 6) is -2.27. The number of rotatable bonds is 6. The van der Waals surface area contributed by atoms with Crippen LogP contribution in [-0.2, 0) is 37.2 Å². The van der Waals surface area contributed by atoms with Gasteiger partial charge in [-0.15, -0.1) is 0 Å². The normalized spacial score (nSPS) is 18.7. The molecule has 1 aliphatic heterocycles. The third-order valence-corrected chi connectivity index (χ3v) is 6.71. The Morgan fingerprint density at radius 3 is 2.61 bits per heavy atom. The Labute approximate surface area is 192 Å². The Morgan fingerprint density at radius 2 is 1.91 bits per heavy atom. The molecule has 2 unspecified atom stereocenters. The Balaban J connectivity index is 1.81. The predicted octanol–water partition coefficient (Wildman–Crippen LogP) is 0.727. The average molecular weight is 477 g/mol. The van der Waals surface area contributed by atoms with Crippen molar-refractivity contribution in [2.75, 3.05) is 6.54 Å². The van der Waals surface area contributed by atoms with Gasteiger partial charge in [0.25, 0.3) is 5.91 Å². The number of fused-ring (bicyclic) bond motifs is 2. The van der Waals surface area contributed by atoms with Crippen molar-refractivity contribution in [1.29, 1.82) is 0 Å². The second-order valence-corrected chi connectivity index (χ2v) is 9.95. The lowest BCUT2D eigenvalue weighted by Gasteiger charge is -2.24. The van der Waals surface area contributed by atoms with Crippen molar-refractivity contribution < 1.29 is 27.2 Å². The molecule has 0 radical (unpaired) electrons. The van der Waals surface area contributed by atoms with E-state index in [2.05, 4.69) is 20.3 Å². The second-order valence-electron chi connectivity index (χ2n) is 8.23. The highest BCUT2D eigenvalue weighted by Gasteiger charge is 2.34. The zero-order chi connectivity index (χ0) is 24.0. The molecular weight excluding hydrogens is 448 g/mol. The fourth-order valence-electron chi connectivity index (χ4n) is 3.41. The van der Waals surface area contributed by atoms with E-state index < -0.39 is 45.6 Å². The lowest BCUT2D eigenvalue weighted by atomic mass is 10.0. The first-order chi connectivity index (χ1) is 15.7. The van der Waals surface area contributed by atoms with E-state index in [1.54, 1.807) is 32.0 Å². The molecule has 2 atom stereocenters. The van der Waals surface area contributed by atoms with Crippen LogP contribution in [0.4, 0.5) is 0 Å². The number of carbonyl (C=O) groups excluding carboxylic acids is 3. The maximum absolute atomic E-state index is 13.1. The fraction of sp³-hybridized carbons (Fsp3) is 0.455. The molecule has 3 N–H and O–H groups in total. The quantitative estimate of drug-likeness (QED) is 0.521. The van der Waals surface area contributed by atoms with Crippen LogP contribution in [0.25, 0.3) is 0 Å². The molecule has 0 saturated heterocycles. The van der Waals surface area contributed by atoms with Gasteiger partial charge in [0.15, 0.2) is 5.89 Å². The fourth-order valence-corrected chi connectivity index (χ4v) is 4.78. The first-order valence-electron chi connectivity index (χ1n) is 10.8. The molecule has 0 spiro atoms. The molecular formula is C22H28N4O6S. The standard InChI is InChI=1S/C22H28N4O6S/c1-14(2)19(26-33(30,31)16-8-4-3-5-9-16)21(28)25-17-12-15-13-32-18(24-15)10-6-7-11-23-22(29)20(17)27/h3-5,8-9,13-14,17,19,26H,6-7,10-12H2,1-2H3,(H,23,29)(H,25,28). The van der Waals surface area contributed by atoms with Crippen LogP contribution in [0, 0.1) is 5.92 Å². The van der Waals surface area contributed by atoms with Gasteiger partial charge in [-0.1, -0.05) is 32.0 Å². The summed E-state index contributed by atoms with van der Waals surface area (Å²) in [6, 6.07) is 5.28. The molecule has 0 fully saturated rings. The van der Waals surface area contributed by atoms with Gasteiger partial charge in [0, 0.05) is 19.4 Å². The summed E-state index contributed by atoms with van der Waals surface area (Å²) in [5, 5.41) is 5.11. The number of hydrogen-bond donors (Lipinski definition) is 3. The zero-order valence-corrected chi connectivity index (χ0v) is 19.4. The van der Waals surface area contributed by atoms with Gasteiger partial charge in [-0.3, -0.25) is 14.4 Å². The number of Topliss-reactive ketones (excluding diaryl/α,β-unsaturated/α-hetero) is 1. The second kappa shape index (κ2) is 10.7. The number of hydrogen-bond acceptors (Lipinski definition) is 7. The lowest BCUT2D eigenvalue weighted by molar-refractivity contribution is -0.140. The summed E-state index contributed by atoms with van der Waals surface area (Å²) in [5.41, 5.74) is 0.419. The molecule has 0 saturated carbocycles. The van der Waals surface area contributed by atoms with Crippen molar-refractivity contribution in [1.82, 2.24) is 20.3 Å². The first-order valence-corrected chi connectivity index (χ1v) is 12.3. The summed E-state index contributed by atoms with van der Waals surface area (Å²) >= 11 is 0. The number of oxazole rings is 1. The first kappa shape index (κ1) is 24.6. The molecule has 178 valence electrons. The number of amides is 2. The minimum Gasteiger partial charge on any atom is -0.449 e. The Hall–Kier alpha value is -3.05. The topological polar surface area (TPSA) is 147 Å². The Kier molecular flexibility index (Phi) is 7.98. The molecule has 0 aliphatic carbocycles. The summed E-state index contributed by atoms with van der Waals surface area (Å²) < 4.78 is 33.3. The molecule has 1 aliphatic rings. The lowest BCUT2D eigenvalue weighted by Crippen LogP contribution is -2.56. The number of nitrogens with one attached hydrogen (secondary N) is 3. The molecule has 1 aromatic heterocycles. The highest BCUT2D eigenvalue weighted by atomic mass is 32.2. The molecule has 3 rings (SSSR count). The van der Waals surface area contributed by atoms with Gasteiger partial charge in [0.05, 0.1) is 10.6 Å². The number of benzene rings is 1. The maximum Gasteiger partial charge on any atom is 0.289 e. The summed E-state index contributed by atoms with van der Waals surface area (Å²) in [4.78, 5) is 42.6. The van der Waals surface area contributed by atoms with E-state index in [9.17, 15) is 22.8 Å². The van der Waals surface area contributed by atoms with Crippen molar-refractivity contribution in [3.63, 3.8) is 0 Å². The highest BCUT2D eigenvalue weighted by Crippen LogP contribution is 2.13. The molecule has 33 heavy (non-hydrogen) atoms. The Morgan fingerprint density at radius 1 is 1.18 bits per heavy atom. The molecule has 1 aromatic carbocycles. The smallest absolute Gasteiger partial charge is 0.289 e. The third-order valence-electron chi connectivity index (χ3n) is 5.26. The highest BCUT2D eigenvalue weighted by molar-refractivity contribution is 7.89. The molecule has 2 aromatic rings. The van der Waals surface area contributed by atoms with Crippen molar-refractivity contribution >= 4 is 27.6 Å². The number of aryl methyl sites for hydroxylation is 1. The maximum atomic E-state index is 13.1. The van der Waals surface area contributed by atoms with Crippen LogP contribution in [0.2, 0.25) is 0 Å². The van der Waals surface area contributed by atoms with E-state index in [1.165, 1.54) is 18.4 Å². The number of sulfonamides is 1. The van der Waals surface area contributed by atoms with E-state index in [0.717, 1.165) is 6.42 Å². The van der Waals surface area contributed by atoms with Crippen LogP contribution < -0.4 is 15.4 Å². The van der Waals surface area contributed by atoms with E-state index in [-0.39, 0.29) is 11.3 Å². The number of ketones is 1. The monoisotopic (exact) mass is 476 g/mol. The molecule has 2 bridgehead atoms. The molecule has 10 nitrogen and oxygen atoms in total. The molecule has 2 heterocycles. The van der Waals surface area contributed by atoms with E-state index in [1.807, 2.05) is 0 Å². The van der Waals surface area contributed by atoms with Crippen LogP contribution in [0.3, 0.4) is 0 Å². The van der Waals surface area contributed by atoms with Gasteiger partial charge < -0.3 is 15.1 Å². The van der Waals surface area contributed by atoms with Crippen molar-refractivity contribution in [2.45, 2.75) is 56.5 Å². The Bertz CT molecular complexity index is 1100. The van der Waals surface area contributed by atoms with Crippen LogP contribution in [0.1, 0.15) is 38.3 Å².